The fourth-order valence-electron chi connectivity index (χ4n) is 1.43. The third-order valence-corrected chi connectivity index (χ3v) is 2.28. The summed E-state index contributed by atoms with van der Waals surface area (Å²) in [6.07, 6.45) is 6.81. The monoisotopic (exact) mass is 201 g/mol. The van der Waals surface area contributed by atoms with E-state index in [9.17, 15) is 4.79 Å². The van der Waals surface area contributed by atoms with Crippen LogP contribution in [0.4, 0.5) is 0 Å². The molecule has 2 heterocycles. The van der Waals surface area contributed by atoms with Crippen LogP contribution in [0.1, 0.15) is 21.5 Å². The van der Waals surface area contributed by atoms with Crippen LogP contribution in [0.3, 0.4) is 0 Å². The van der Waals surface area contributed by atoms with Gasteiger partial charge in [0, 0.05) is 24.4 Å². The minimum Gasteiger partial charge on any atom is -0.472 e. The number of carbonyl (C=O) groups excluding carboxylic acids is 1. The van der Waals surface area contributed by atoms with E-state index in [1.807, 2.05) is 13.0 Å². The van der Waals surface area contributed by atoms with Gasteiger partial charge in [0.25, 0.3) is 0 Å². The Bertz CT molecular complexity index is 460. The van der Waals surface area contributed by atoms with Gasteiger partial charge in [0.15, 0.2) is 5.78 Å². The third kappa shape index (κ3) is 2.13. The van der Waals surface area contributed by atoms with Crippen molar-refractivity contribution in [3.05, 3.63) is 53.7 Å². The van der Waals surface area contributed by atoms with E-state index in [4.69, 9.17) is 4.42 Å². The predicted octanol–water partition coefficient (Wildman–Crippen LogP) is 2.41. The smallest absolute Gasteiger partial charge is 0.169 e. The Hall–Kier alpha value is -1.90. The number of nitrogens with zero attached hydrogens (tertiary/aromatic N) is 1. The van der Waals surface area contributed by atoms with Crippen LogP contribution >= 0.6 is 0 Å². The molecule has 15 heavy (non-hydrogen) atoms. The van der Waals surface area contributed by atoms with Gasteiger partial charge in [-0.3, -0.25) is 9.78 Å². The molecule has 0 aliphatic rings. The highest BCUT2D eigenvalue weighted by atomic mass is 16.3. The minimum atomic E-state index is 0.0713. The average molecular weight is 201 g/mol. The number of ketones is 1. The first-order valence-electron chi connectivity index (χ1n) is 4.72. The van der Waals surface area contributed by atoms with Crippen molar-refractivity contribution in [2.24, 2.45) is 0 Å². The quantitative estimate of drug-likeness (QED) is 0.716. The van der Waals surface area contributed by atoms with Crippen molar-refractivity contribution in [3.8, 4) is 0 Å². The summed E-state index contributed by atoms with van der Waals surface area (Å²) in [6, 6.07) is 3.63. The molecule has 0 aliphatic carbocycles. The van der Waals surface area contributed by atoms with Crippen LogP contribution in [0.2, 0.25) is 0 Å². The van der Waals surface area contributed by atoms with Gasteiger partial charge in [0.1, 0.15) is 0 Å². The van der Waals surface area contributed by atoms with Crippen LogP contribution in [0.5, 0.6) is 0 Å². The van der Waals surface area contributed by atoms with E-state index < -0.39 is 0 Å². The molecule has 0 aliphatic heterocycles. The number of carbonyl (C=O) groups is 1. The average Bonchev–Trinajstić information content (AvgIpc) is 2.71. The number of hydrogen-bond acceptors (Lipinski definition) is 3. The Balaban J connectivity index is 2.19. The summed E-state index contributed by atoms with van der Waals surface area (Å²) in [5.41, 5.74) is 2.53. The maximum Gasteiger partial charge on any atom is 0.169 e. The zero-order valence-electron chi connectivity index (χ0n) is 8.43. The second kappa shape index (κ2) is 4.09. The SMILES string of the molecule is Cc1ccncc1C(=O)Cc1ccoc1. The Kier molecular flexibility index (Phi) is 2.63. The molecule has 0 radical (unpaired) electrons. The van der Waals surface area contributed by atoms with Crippen LogP contribution in [0, 0.1) is 6.92 Å². The number of aryl methyl sites for hydroxylation is 1. The Labute approximate surface area is 87.8 Å². The van der Waals surface area contributed by atoms with Gasteiger partial charge in [0.2, 0.25) is 0 Å². The van der Waals surface area contributed by atoms with Crippen LogP contribution in [-0.2, 0) is 6.42 Å². The second-order valence-electron chi connectivity index (χ2n) is 3.42. The summed E-state index contributed by atoms with van der Waals surface area (Å²) in [4.78, 5) is 15.8. The molecule has 0 spiro atoms. The van der Waals surface area contributed by atoms with E-state index in [0.29, 0.717) is 12.0 Å². The lowest BCUT2D eigenvalue weighted by molar-refractivity contribution is 0.0992. The van der Waals surface area contributed by atoms with E-state index in [-0.39, 0.29) is 5.78 Å². The molecule has 0 bridgehead atoms. The van der Waals surface area contributed by atoms with E-state index in [1.165, 1.54) is 0 Å². The van der Waals surface area contributed by atoms with Crippen molar-refractivity contribution < 1.29 is 9.21 Å². The molecule has 0 N–H and O–H groups in total. The molecule has 3 heteroatoms. The molecule has 0 fully saturated rings. The number of rotatable bonds is 3. The number of furan rings is 1. The van der Waals surface area contributed by atoms with Crippen molar-refractivity contribution in [1.29, 1.82) is 0 Å². The van der Waals surface area contributed by atoms with Gasteiger partial charge in [-0.1, -0.05) is 0 Å². The topological polar surface area (TPSA) is 43.1 Å². The summed E-state index contributed by atoms with van der Waals surface area (Å²) in [5.74, 6) is 0.0713. The molecule has 3 nitrogen and oxygen atoms in total. The van der Waals surface area contributed by atoms with Crippen molar-refractivity contribution in [3.63, 3.8) is 0 Å². The summed E-state index contributed by atoms with van der Waals surface area (Å²) < 4.78 is 4.91. The van der Waals surface area contributed by atoms with Crippen LogP contribution in [-0.4, -0.2) is 10.8 Å². The normalized spacial score (nSPS) is 10.2. The first-order chi connectivity index (χ1) is 7.27. The number of Topliss-reactive ketones (excluding diaryl/α,β-unsaturated/α-hetero) is 1. The van der Waals surface area contributed by atoms with Gasteiger partial charge in [0.05, 0.1) is 12.5 Å². The molecule has 0 aromatic carbocycles. The van der Waals surface area contributed by atoms with Gasteiger partial charge in [-0.25, -0.2) is 0 Å². The van der Waals surface area contributed by atoms with E-state index in [2.05, 4.69) is 4.98 Å². The Morgan fingerprint density at radius 1 is 1.47 bits per heavy atom. The third-order valence-electron chi connectivity index (χ3n) is 2.28. The van der Waals surface area contributed by atoms with Crippen LogP contribution in [0.15, 0.2) is 41.5 Å². The molecule has 0 unspecified atom stereocenters. The lowest BCUT2D eigenvalue weighted by atomic mass is 10.0. The first kappa shape index (κ1) is 9.65. The van der Waals surface area contributed by atoms with Crippen LogP contribution < -0.4 is 0 Å². The number of pyridine rings is 1. The summed E-state index contributed by atoms with van der Waals surface area (Å²) in [6.45, 7) is 1.91. The number of aromatic nitrogens is 1. The maximum atomic E-state index is 11.9. The van der Waals surface area contributed by atoms with Gasteiger partial charge in [-0.15, -0.1) is 0 Å². The largest absolute Gasteiger partial charge is 0.472 e. The molecule has 0 amide bonds. The zero-order valence-corrected chi connectivity index (χ0v) is 8.43. The van der Waals surface area contributed by atoms with Gasteiger partial charge < -0.3 is 4.42 Å². The molecule has 0 saturated carbocycles. The molecular formula is C12H11NO2. The van der Waals surface area contributed by atoms with Crippen molar-refractivity contribution >= 4 is 5.78 Å². The van der Waals surface area contributed by atoms with E-state index in [1.54, 1.807) is 31.0 Å². The molecular weight excluding hydrogens is 190 g/mol. The highest BCUT2D eigenvalue weighted by molar-refractivity contribution is 5.98. The standard InChI is InChI=1S/C12H11NO2/c1-9-2-4-13-7-11(9)12(14)6-10-3-5-15-8-10/h2-5,7-8H,6H2,1H3. The van der Waals surface area contributed by atoms with E-state index >= 15 is 0 Å². The van der Waals surface area contributed by atoms with Crippen molar-refractivity contribution in [2.45, 2.75) is 13.3 Å². The Morgan fingerprint density at radius 2 is 2.33 bits per heavy atom. The van der Waals surface area contributed by atoms with Gasteiger partial charge >= 0.3 is 0 Å². The summed E-state index contributed by atoms with van der Waals surface area (Å²) in [7, 11) is 0. The van der Waals surface area contributed by atoms with E-state index in [0.717, 1.165) is 11.1 Å². The maximum absolute atomic E-state index is 11.9. The molecule has 0 saturated heterocycles. The van der Waals surface area contributed by atoms with Gasteiger partial charge in [-0.2, -0.15) is 0 Å². The minimum absolute atomic E-state index is 0.0713. The number of hydrogen-bond donors (Lipinski definition) is 0. The lowest BCUT2D eigenvalue weighted by Gasteiger charge is -2.01. The zero-order chi connectivity index (χ0) is 10.7. The highest BCUT2D eigenvalue weighted by Gasteiger charge is 2.10. The highest BCUT2D eigenvalue weighted by Crippen LogP contribution is 2.10. The summed E-state index contributed by atoms with van der Waals surface area (Å²) >= 11 is 0. The first-order valence-corrected chi connectivity index (χ1v) is 4.72. The molecule has 2 aromatic rings. The molecule has 0 atom stereocenters. The fourth-order valence-corrected chi connectivity index (χ4v) is 1.43. The predicted molar refractivity (Wildman–Crippen MR) is 55.7 cm³/mol. The molecule has 2 aromatic heterocycles. The summed E-state index contributed by atoms with van der Waals surface area (Å²) in [5, 5.41) is 0. The second-order valence-corrected chi connectivity index (χ2v) is 3.42. The van der Waals surface area contributed by atoms with Crippen molar-refractivity contribution in [2.75, 3.05) is 0 Å². The fraction of sp³-hybridized carbons (Fsp3) is 0.167. The van der Waals surface area contributed by atoms with Crippen LogP contribution in [0.25, 0.3) is 0 Å². The van der Waals surface area contributed by atoms with Crippen molar-refractivity contribution in [1.82, 2.24) is 4.98 Å². The molecule has 2 rings (SSSR count). The molecule has 76 valence electrons. The van der Waals surface area contributed by atoms with Gasteiger partial charge in [-0.05, 0) is 30.2 Å². The Morgan fingerprint density at radius 3 is 3.00 bits per heavy atom. The lowest BCUT2D eigenvalue weighted by Crippen LogP contribution is -2.05.